The lowest BCUT2D eigenvalue weighted by molar-refractivity contribution is 0.588. The van der Waals surface area contributed by atoms with Crippen LogP contribution in [0.2, 0.25) is 0 Å². The molecule has 0 unspecified atom stereocenters. The molecule has 1 fully saturated rings. The highest BCUT2D eigenvalue weighted by Crippen LogP contribution is 2.31. The Morgan fingerprint density at radius 2 is 1.90 bits per heavy atom. The van der Waals surface area contributed by atoms with Gasteiger partial charge in [0.2, 0.25) is 0 Å². The zero-order valence-electron chi connectivity index (χ0n) is 17.5. The minimum absolute atomic E-state index is 0.0240. The van der Waals surface area contributed by atoms with Crippen LogP contribution in [-0.2, 0) is 6.54 Å². The smallest absolute Gasteiger partial charge is 0.192 e. The van der Waals surface area contributed by atoms with Gasteiger partial charge in [0, 0.05) is 9.80 Å². The topological polar surface area (TPSA) is 36.4 Å². The molecular formula is C24H28Br2FN3. The molecule has 1 heterocycles. The molecule has 1 aliphatic heterocycles. The van der Waals surface area contributed by atoms with E-state index in [2.05, 4.69) is 59.6 Å². The minimum atomic E-state index is -0.245. The Balaban J connectivity index is 0.00000155. The molecule has 0 saturated carbocycles. The molecule has 0 radical (unpaired) electrons. The number of halogens is 3. The van der Waals surface area contributed by atoms with Crippen molar-refractivity contribution < 1.29 is 4.39 Å². The third kappa shape index (κ3) is 6.54. The van der Waals surface area contributed by atoms with E-state index < -0.39 is 0 Å². The lowest BCUT2D eigenvalue weighted by Crippen LogP contribution is -2.31. The highest BCUT2D eigenvalue weighted by molar-refractivity contribution is 9.10. The maximum absolute atomic E-state index is 13.4. The summed E-state index contributed by atoms with van der Waals surface area (Å²) in [4.78, 5) is 4.64. The quantitative estimate of drug-likeness (QED) is 0.319. The van der Waals surface area contributed by atoms with Crippen molar-refractivity contribution in [3.8, 4) is 0 Å². The zero-order valence-corrected chi connectivity index (χ0v) is 20.7. The molecule has 3 nitrogen and oxygen atoms in total. The van der Waals surface area contributed by atoms with E-state index in [9.17, 15) is 4.39 Å². The summed E-state index contributed by atoms with van der Waals surface area (Å²) in [5, 5.41) is 7.75. The lowest BCUT2D eigenvalue weighted by Gasteiger charge is -2.22. The van der Waals surface area contributed by atoms with Crippen LogP contribution in [0.3, 0.4) is 0 Å². The van der Waals surface area contributed by atoms with Crippen LogP contribution in [0.15, 0.2) is 81.8 Å². The molecule has 1 aliphatic rings. The number of alkyl halides is 1. The van der Waals surface area contributed by atoms with Gasteiger partial charge in [0.15, 0.2) is 5.96 Å². The zero-order chi connectivity index (χ0) is 21.9. The van der Waals surface area contributed by atoms with Crippen molar-refractivity contribution in [3.63, 3.8) is 0 Å². The van der Waals surface area contributed by atoms with Crippen LogP contribution in [0.5, 0.6) is 0 Å². The minimum Gasteiger partial charge on any atom is -0.347 e. The van der Waals surface area contributed by atoms with Gasteiger partial charge in [-0.05, 0) is 41.8 Å². The van der Waals surface area contributed by atoms with Crippen LogP contribution in [-0.4, -0.2) is 17.3 Å². The van der Waals surface area contributed by atoms with Crippen LogP contribution in [0.25, 0.3) is 0 Å². The Morgan fingerprint density at radius 1 is 1.13 bits per heavy atom. The summed E-state index contributed by atoms with van der Waals surface area (Å²) >= 11 is 7.28. The Kier molecular flexibility index (Phi) is 10.3. The van der Waals surface area contributed by atoms with Gasteiger partial charge in [0.05, 0.1) is 18.6 Å². The first kappa shape index (κ1) is 24.4. The third-order valence-corrected chi connectivity index (χ3v) is 5.89. The first-order valence-corrected chi connectivity index (χ1v) is 12.0. The third-order valence-electron chi connectivity index (χ3n) is 4.52. The number of benzene rings is 2. The summed E-state index contributed by atoms with van der Waals surface area (Å²) in [5.74, 6) is 0.465. The van der Waals surface area contributed by atoms with Gasteiger partial charge in [-0.15, -0.1) is 0 Å². The summed E-state index contributed by atoms with van der Waals surface area (Å²) in [5.41, 5.74) is 3.20. The second kappa shape index (κ2) is 12.7. The largest absolute Gasteiger partial charge is 0.347 e. The van der Waals surface area contributed by atoms with E-state index in [0.717, 1.165) is 20.9 Å². The summed E-state index contributed by atoms with van der Waals surface area (Å²) in [7, 11) is 0. The van der Waals surface area contributed by atoms with Gasteiger partial charge in [0.1, 0.15) is 5.82 Å². The normalized spacial score (nSPS) is 19.9. The molecule has 2 aromatic carbocycles. The number of hydrogen-bond donors (Lipinski definition) is 2. The Hall–Kier alpha value is -1.92. The van der Waals surface area contributed by atoms with E-state index in [4.69, 9.17) is 0 Å². The van der Waals surface area contributed by atoms with Crippen molar-refractivity contribution in [1.82, 2.24) is 10.6 Å². The summed E-state index contributed by atoms with van der Waals surface area (Å²) < 4.78 is 14.5. The molecule has 2 aromatic rings. The maximum Gasteiger partial charge on any atom is 0.192 e. The monoisotopic (exact) mass is 535 g/mol. The number of nitrogens with zero attached hydrogens (tertiary/aromatic N) is 1. The molecule has 0 aliphatic carbocycles. The van der Waals surface area contributed by atoms with Gasteiger partial charge in [-0.25, -0.2) is 9.38 Å². The molecule has 0 amide bonds. The highest BCUT2D eigenvalue weighted by atomic mass is 79.9. The van der Waals surface area contributed by atoms with Gasteiger partial charge in [-0.3, -0.25) is 0 Å². The average molecular weight is 537 g/mol. The van der Waals surface area contributed by atoms with Crippen LogP contribution in [0.1, 0.15) is 37.9 Å². The Morgan fingerprint density at radius 3 is 2.57 bits per heavy atom. The molecule has 0 bridgehead atoms. The molecule has 2 N–H and O–H groups in total. The molecule has 6 heteroatoms. The fraction of sp³-hybridized carbons (Fsp3) is 0.292. The van der Waals surface area contributed by atoms with E-state index in [-0.39, 0.29) is 17.9 Å². The number of rotatable bonds is 6. The molecule has 0 aromatic heterocycles. The standard InChI is InChI=1S/C22H22Br2FN3.C2H6/c1-2-3-8-16(13-23)20-21(18-10-4-5-11-19(18)24)28-22(27-20)26-14-15-7-6-9-17(25)12-15;1-2/h2-12,20-21H,13-14H2,1H3,(H2,26,27,28);1-2H3/b3-2-,16-8+;/t20-,21+;/m1./s1. The summed E-state index contributed by atoms with van der Waals surface area (Å²) in [6.45, 7) is 6.41. The predicted octanol–water partition coefficient (Wildman–Crippen LogP) is 6.67. The molecule has 1 saturated heterocycles. The Bertz CT molecular complexity index is 909. The fourth-order valence-corrected chi connectivity index (χ4v) is 4.21. The average Bonchev–Trinajstić information content (AvgIpc) is 3.18. The second-order valence-corrected chi connectivity index (χ2v) is 7.88. The predicted molar refractivity (Wildman–Crippen MR) is 133 cm³/mol. The second-order valence-electron chi connectivity index (χ2n) is 6.46. The lowest BCUT2D eigenvalue weighted by atomic mass is 9.95. The first-order valence-electron chi connectivity index (χ1n) is 10.1. The number of allylic oxidation sites excluding steroid dienone is 3. The fourth-order valence-electron chi connectivity index (χ4n) is 3.14. The van der Waals surface area contributed by atoms with Crippen molar-refractivity contribution in [3.05, 3.63) is 93.7 Å². The first-order chi connectivity index (χ1) is 14.6. The maximum atomic E-state index is 13.4. The molecule has 160 valence electrons. The van der Waals surface area contributed by atoms with Gasteiger partial charge >= 0.3 is 0 Å². The molecular weight excluding hydrogens is 509 g/mol. The number of guanidine groups is 1. The van der Waals surface area contributed by atoms with E-state index in [1.54, 1.807) is 6.07 Å². The van der Waals surface area contributed by atoms with Crippen molar-refractivity contribution in [2.75, 3.05) is 5.33 Å². The highest BCUT2D eigenvalue weighted by Gasteiger charge is 2.34. The molecule has 0 spiro atoms. The van der Waals surface area contributed by atoms with E-state index >= 15 is 0 Å². The number of aliphatic imine (C=N–C) groups is 1. The van der Waals surface area contributed by atoms with Gasteiger partial charge in [-0.2, -0.15) is 0 Å². The van der Waals surface area contributed by atoms with Crippen molar-refractivity contribution in [1.29, 1.82) is 0 Å². The number of hydrogen-bond acceptors (Lipinski definition) is 1. The summed E-state index contributed by atoms with van der Waals surface area (Å²) in [6, 6.07) is 14.8. The van der Waals surface area contributed by atoms with Crippen LogP contribution in [0, 0.1) is 5.82 Å². The van der Waals surface area contributed by atoms with Crippen LogP contribution >= 0.6 is 31.9 Å². The molecule has 3 rings (SSSR count). The van der Waals surface area contributed by atoms with Gasteiger partial charge < -0.3 is 10.6 Å². The van der Waals surface area contributed by atoms with Crippen molar-refractivity contribution in [2.24, 2.45) is 4.99 Å². The SMILES string of the molecule is C/C=C\C=C(/CBr)[C@H]1NC(=NCc2cccc(F)c2)N[C@H]1c1ccccc1Br.CC. The molecule has 30 heavy (non-hydrogen) atoms. The van der Waals surface area contributed by atoms with Gasteiger partial charge in [0.25, 0.3) is 0 Å². The van der Waals surface area contributed by atoms with E-state index in [0.29, 0.717) is 12.5 Å². The van der Waals surface area contributed by atoms with E-state index in [1.807, 2.05) is 57.2 Å². The van der Waals surface area contributed by atoms with Crippen molar-refractivity contribution >= 4 is 37.8 Å². The molecule has 2 atom stereocenters. The van der Waals surface area contributed by atoms with Crippen molar-refractivity contribution in [2.45, 2.75) is 39.4 Å². The van der Waals surface area contributed by atoms with Crippen LogP contribution < -0.4 is 10.6 Å². The Labute approximate surface area is 195 Å². The van der Waals surface area contributed by atoms with Gasteiger partial charge in [-0.1, -0.05) is 94.3 Å². The summed E-state index contributed by atoms with van der Waals surface area (Å²) in [6.07, 6.45) is 6.17. The van der Waals surface area contributed by atoms with E-state index in [1.165, 1.54) is 17.7 Å². The van der Waals surface area contributed by atoms with Crippen LogP contribution in [0.4, 0.5) is 4.39 Å². The number of nitrogens with one attached hydrogen (secondary N) is 2.